The quantitative estimate of drug-likeness (QED) is 0.526. The number of phenolic OH excluding ortho intramolecular Hbond substituents is 1. The second-order valence-electron chi connectivity index (χ2n) is 6.21. The summed E-state index contributed by atoms with van der Waals surface area (Å²) in [6.07, 6.45) is 0. The number of amides is 1. The van der Waals surface area contributed by atoms with Crippen molar-refractivity contribution in [3.8, 4) is 5.75 Å². The minimum Gasteiger partial charge on any atom is -0.505 e. The van der Waals surface area contributed by atoms with Gasteiger partial charge in [-0.1, -0.05) is 26.0 Å². The van der Waals surface area contributed by atoms with Crippen LogP contribution in [0, 0.1) is 6.92 Å². The summed E-state index contributed by atoms with van der Waals surface area (Å²) >= 11 is 0. The van der Waals surface area contributed by atoms with Crippen LogP contribution in [0.4, 0.5) is 5.69 Å². The number of esters is 1. The maximum absolute atomic E-state index is 12.8. The Bertz CT molecular complexity index is 1030. The first-order chi connectivity index (χ1) is 13.7. The van der Waals surface area contributed by atoms with Crippen LogP contribution in [0.2, 0.25) is 0 Å². The highest BCUT2D eigenvalue weighted by Gasteiger charge is 2.24. The number of benzene rings is 2. The molecular weight excluding hydrogens is 396 g/mol. The molecule has 2 aromatic rings. The summed E-state index contributed by atoms with van der Waals surface area (Å²) < 4.78 is 31.4. The van der Waals surface area contributed by atoms with Crippen LogP contribution in [-0.4, -0.2) is 49.9 Å². The van der Waals surface area contributed by atoms with Crippen LogP contribution in [0.5, 0.6) is 5.75 Å². The number of phenols is 1. The second kappa shape index (κ2) is 9.06. The van der Waals surface area contributed by atoms with E-state index in [-0.39, 0.29) is 21.7 Å². The number of sulfonamides is 1. The fraction of sp³-hybridized carbons (Fsp3) is 0.300. The van der Waals surface area contributed by atoms with E-state index in [0.29, 0.717) is 18.7 Å². The molecule has 0 saturated heterocycles. The molecule has 2 rings (SSSR count). The Morgan fingerprint density at radius 2 is 1.76 bits per heavy atom. The highest BCUT2D eigenvalue weighted by atomic mass is 32.2. The van der Waals surface area contributed by atoms with Gasteiger partial charge in [0.1, 0.15) is 5.56 Å². The van der Waals surface area contributed by atoms with Crippen molar-refractivity contribution in [3.05, 3.63) is 53.1 Å². The fourth-order valence-corrected chi connectivity index (χ4v) is 4.31. The lowest BCUT2D eigenvalue weighted by Gasteiger charge is -2.19. The molecule has 0 spiro atoms. The van der Waals surface area contributed by atoms with Gasteiger partial charge >= 0.3 is 5.97 Å². The summed E-state index contributed by atoms with van der Waals surface area (Å²) in [7, 11) is -2.55. The Hall–Kier alpha value is -2.91. The van der Waals surface area contributed by atoms with Gasteiger partial charge in [-0.3, -0.25) is 4.79 Å². The van der Waals surface area contributed by atoms with E-state index < -0.39 is 27.6 Å². The van der Waals surface area contributed by atoms with Gasteiger partial charge in [0, 0.05) is 18.7 Å². The molecule has 0 aliphatic rings. The maximum atomic E-state index is 12.8. The highest BCUT2D eigenvalue weighted by Crippen LogP contribution is 2.29. The molecule has 0 heterocycles. The van der Waals surface area contributed by atoms with E-state index in [1.54, 1.807) is 26.8 Å². The third kappa shape index (κ3) is 4.57. The molecule has 2 aromatic carbocycles. The zero-order chi connectivity index (χ0) is 21.8. The van der Waals surface area contributed by atoms with Crippen LogP contribution < -0.4 is 5.32 Å². The number of carbonyl (C=O) groups is 2. The van der Waals surface area contributed by atoms with Crippen LogP contribution in [0.15, 0.2) is 41.3 Å². The smallest absolute Gasteiger partial charge is 0.341 e. The third-order valence-electron chi connectivity index (χ3n) is 4.49. The van der Waals surface area contributed by atoms with E-state index in [2.05, 4.69) is 10.1 Å². The lowest BCUT2D eigenvalue weighted by Crippen LogP contribution is -2.30. The zero-order valence-electron chi connectivity index (χ0n) is 16.7. The second-order valence-corrected chi connectivity index (χ2v) is 8.15. The van der Waals surface area contributed by atoms with Crippen LogP contribution in [-0.2, 0) is 14.8 Å². The zero-order valence-corrected chi connectivity index (χ0v) is 17.5. The van der Waals surface area contributed by atoms with Gasteiger partial charge in [0.05, 0.1) is 17.7 Å². The van der Waals surface area contributed by atoms with Gasteiger partial charge in [-0.05, 0) is 36.8 Å². The first-order valence-corrected chi connectivity index (χ1v) is 10.4. The molecule has 0 fully saturated rings. The molecule has 0 bridgehead atoms. The molecule has 2 N–H and O–H groups in total. The molecule has 156 valence electrons. The van der Waals surface area contributed by atoms with Gasteiger partial charge in [-0.25, -0.2) is 13.2 Å². The molecular formula is C20H24N2O6S. The van der Waals surface area contributed by atoms with Crippen molar-refractivity contribution >= 4 is 27.6 Å². The van der Waals surface area contributed by atoms with E-state index in [1.807, 2.05) is 0 Å². The first-order valence-electron chi connectivity index (χ1n) is 8.99. The molecule has 1 amide bonds. The number of nitrogens with zero attached hydrogens (tertiary/aromatic N) is 1. The summed E-state index contributed by atoms with van der Waals surface area (Å²) in [5.41, 5.74) is 0.611. The maximum Gasteiger partial charge on any atom is 0.341 e. The van der Waals surface area contributed by atoms with Gasteiger partial charge < -0.3 is 15.2 Å². The number of rotatable bonds is 7. The predicted molar refractivity (Wildman–Crippen MR) is 109 cm³/mol. The van der Waals surface area contributed by atoms with Gasteiger partial charge in [0.25, 0.3) is 5.91 Å². The standard InChI is InChI=1S/C20H24N2O6S/c1-5-22(6-2)29(26,27)14-11-10-13(3)16(12-14)19(24)21-17-9-7-8-15(18(17)23)20(25)28-4/h7-12,23H,5-6H2,1-4H3,(H,21,24). The van der Waals surface area contributed by atoms with E-state index in [0.717, 1.165) is 0 Å². The largest absolute Gasteiger partial charge is 0.505 e. The number of carbonyl (C=O) groups excluding carboxylic acids is 2. The molecule has 0 radical (unpaired) electrons. The van der Waals surface area contributed by atoms with Crippen molar-refractivity contribution in [2.24, 2.45) is 0 Å². The van der Waals surface area contributed by atoms with Gasteiger partial charge in [0.15, 0.2) is 5.75 Å². The van der Waals surface area contributed by atoms with Gasteiger partial charge in [-0.2, -0.15) is 4.31 Å². The highest BCUT2D eigenvalue weighted by molar-refractivity contribution is 7.89. The van der Waals surface area contributed by atoms with Crippen molar-refractivity contribution in [2.75, 3.05) is 25.5 Å². The normalized spacial score (nSPS) is 11.3. The Labute approximate surface area is 170 Å². The predicted octanol–water partition coefficient (Wildman–Crippen LogP) is 2.77. The molecule has 8 nitrogen and oxygen atoms in total. The lowest BCUT2D eigenvalue weighted by molar-refractivity contribution is 0.0597. The molecule has 0 aromatic heterocycles. The van der Waals surface area contributed by atoms with Crippen LogP contribution in [0.25, 0.3) is 0 Å². The number of para-hydroxylation sites is 1. The summed E-state index contributed by atoms with van der Waals surface area (Å²) in [5, 5.41) is 12.8. The Morgan fingerprint density at radius 1 is 1.10 bits per heavy atom. The number of methoxy groups -OCH3 is 1. The monoisotopic (exact) mass is 420 g/mol. The number of aromatic hydroxyl groups is 1. The molecule has 0 aliphatic heterocycles. The van der Waals surface area contributed by atoms with Crippen molar-refractivity contribution in [1.82, 2.24) is 4.31 Å². The first kappa shape index (κ1) is 22.4. The van der Waals surface area contributed by atoms with Crippen LogP contribution in [0.1, 0.15) is 40.1 Å². The van der Waals surface area contributed by atoms with Crippen molar-refractivity contribution in [2.45, 2.75) is 25.7 Å². The molecule has 9 heteroatoms. The van der Waals surface area contributed by atoms with Crippen LogP contribution in [0.3, 0.4) is 0 Å². The lowest BCUT2D eigenvalue weighted by atomic mass is 10.1. The molecule has 0 aliphatic carbocycles. The molecule has 0 unspecified atom stereocenters. The number of anilines is 1. The van der Waals surface area contributed by atoms with Gasteiger partial charge in [-0.15, -0.1) is 0 Å². The summed E-state index contributed by atoms with van der Waals surface area (Å²) in [5.74, 6) is -1.80. The van der Waals surface area contributed by atoms with Crippen molar-refractivity contribution in [3.63, 3.8) is 0 Å². The number of ether oxygens (including phenoxy) is 1. The van der Waals surface area contributed by atoms with E-state index >= 15 is 0 Å². The number of hydrogen-bond donors (Lipinski definition) is 2. The third-order valence-corrected chi connectivity index (χ3v) is 6.53. The van der Waals surface area contributed by atoms with Crippen LogP contribution >= 0.6 is 0 Å². The molecule has 0 saturated carbocycles. The van der Waals surface area contributed by atoms with Gasteiger partial charge in [0.2, 0.25) is 10.0 Å². The Balaban J connectivity index is 2.42. The Kier molecular flexibility index (Phi) is 6.99. The number of aryl methyl sites for hydroxylation is 1. The van der Waals surface area contributed by atoms with Crippen molar-refractivity contribution < 1.29 is 27.9 Å². The summed E-state index contributed by atoms with van der Waals surface area (Å²) in [4.78, 5) is 24.5. The number of hydrogen-bond acceptors (Lipinski definition) is 6. The SMILES string of the molecule is CCN(CC)S(=O)(=O)c1ccc(C)c(C(=O)Nc2cccc(C(=O)OC)c2O)c1. The van der Waals surface area contributed by atoms with E-state index in [9.17, 15) is 23.1 Å². The molecule has 0 atom stereocenters. The fourth-order valence-electron chi connectivity index (χ4n) is 2.83. The van der Waals surface area contributed by atoms with Crippen molar-refractivity contribution in [1.29, 1.82) is 0 Å². The summed E-state index contributed by atoms with van der Waals surface area (Å²) in [6, 6.07) is 8.57. The molecule has 29 heavy (non-hydrogen) atoms. The topological polar surface area (TPSA) is 113 Å². The Morgan fingerprint density at radius 3 is 2.34 bits per heavy atom. The average molecular weight is 420 g/mol. The van der Waals surface area contributed by atoms with E-state index in [1.165, 1.54) is 41.7 Å². The summed E-state index contributed by atoms with van der Waals surface area (Å²) in [6.45, 7) is 5.76. The average Bonchev–Trinajstić information content (AvgIpc) is 2.69. The minimum atomic E-state index is -3.73. The number of nitrogens with one attached hydrogen (secondary N) is 1. The van der Waals surface area contributed by atoms with E-state index in [4.69, 9.17) is 0 Å². The minimum absolute atomic E-state index is 0.00415.